The molecule has 0 aliphatic carbocycles. The highest BCUT2D eigenvalue weighted by Gasteiger charge is 2.25. The van der Waals surface area contributed by atoms with E-state index in [2.05, 4.69) is 0 Å². The average molecular weight is 293 g/mol. The molecule has 0 radical (unpaired) electrons. The lowest BCUT2D eigenvalue weighted by atomic mass is 10.1. The van der Waals surface area contributed by atoms with Gasteiger partial charge in [0.25, 0.3) is 5.91 Å². The van der Waals surface area contributed by atoms with Crippen LogP contribution in [0.1, 0.15) is 16.8 Å². The van der Waals surface area contributed by atoms with Gasteiger partial charge < -0.3 is 4.90 Å². The SMILES string of the molecule is CN(CCCCl)C(=O)c1cc(F)cc([N+](=O)[O-])c1F. The maximum absolute atomic E-state index is 13.8. The number of nitrogens with zero attached hydrogens (tertiary/aromatic N) is 2. The number of nitro benzene ring substituents is 1. The summed E-state index contributed by atoms with van der Waals surface area (Å²) in [6.07, 6.45) is 0.475. The summed E-state index contributed by atoms with van der Waals surface area (Å²) in [4.78, 5) is 22.5. The van der Waals surface area contributed by atoms with Gasteiger partial charge in [0.05, 0.1) is 16.6 Å². The number of hydrogen-bond acceptors (Lipinski definition) is 3. The minimum atomic E-state index is -1.34. The second-order valence-corrected chi connectivity index (χ2v) is 4.19. The van der Waals surface area contributed by atoms with Crippen LogP contribution < -0.4 is 0 Å². The van der Waals surface area contributed by atoms with Crippen molar-refractivity contribution in [3.05, 3.63) is 39.4 Å². The lowest BCUT2D eigenvalue weighted by molar-refractivity contribution is -0.387. The molecule has 104 valence electrons. The molecule has 0 bridgehead atoms. The van der Waals surface area contributed by atoms with Crippen LogP contribution in [0.5, 0.6) is 0 Å². The van der Waals surface area contributed by atoms with Crippen LogP contribution in [-0.2, 0) is 0 Å². The van der Waals surface area contributed by atoms with Crippen molar-refractivity contribution in [3.8, 4) is 0 Å². The third-order valence-corrected chi connectivity index (χ3v) is 2.69. The average Bonchev–Trinajstić information content (AvgIpc) is 2.37. The van der Waals surface area contributed by atoms with Gasteiger partial charge in [-0.25, -0.2) is 4.39 Å². The Morgan fingerprint density at radius 3 is 2.63 bits per heavy atom. The summed E-state index contributed by atoms with van der Waals surface area (Å²) < 4.78 is 26.9. The van der Waals surface area contributed by atoms with E-state index in [4.69, 9.17) is 11.6 Å². The van der Waals surface area contributed by atoms with E-state index in [9.17, 15) is 23.7 Å². The third-order valence-electron chi connectivity index (χ3n) is 2.42. The standard InChI is InChI=1S/C11H11ClF2N2O3/c1-15(4-2-3-12)11(17)8-5-7(13)6-9(10(8)14)16(18)19/h5-6H,2-4H2,1H3. The number of amides is 1. The Hall–Kier alpha value is -1.76. The van der Waals surface area contributed by atoms with E-state index in [1.54, 1.807) is 0 Å². The molecule has 1 aromatic carbocycles. The Morgan fingerprint density at radius 2 is 2.11 bits per heavy atom. The van der Waals surface area contributed by atoms with E-state index in [1.807, 2.05) is 0 Å². The van der Waals surface area contributed by atoms with E-state index in [0.717, 1.165) is 4.90 Å². The summed E-state index contributed by atoms with van der Waals surface area (Å²) in [6, 6.07) is 1.08. The smallest absolute Gasteiger partial charge is 0.308 e. The summed E-state index contributed by atoms with van der Waals surface area (Å²) >= 11 is 5.46. The van der Waals surface area contributed by atoms with Crippen LogP contribution in [0.25, 0.3) is 0 Å². The van der Waals surface area contributed by atoms with Gasteiger partial charge in [-0.05, 0) is 12.5 Å². The van der Waals surface area contributed by atoms with Gasteiger partial charge in [-0.1, -0.05) is 0 Å². The van der Waals surface area contributed by atoms with Crippen LogP contribution >= 0.6 is 11.6 Å². The van der Waals surface area contributed by atoms with Crippen molar-refractivity contribution in [1.82, 2.24) is 4.90 Å². The van der Waals surface area contributed by atoms with Gasteiger partial charge in [0.1, 0.15) is 5.82 Å². The molecule has 0 atom stereocenters. The maximum Gasteiger partial charge on any atom is 0.308 e. The van der Waals surface area contributed by atoms with Gasteiger partial charge in [0, 0.05) is 19.5 Å². The first-order chi connectivity index (χ1) is 8.88. The molecule has 0 saturated heterocycles. The Kier molecular flexibility index (Phi) is 5.17. The molecule has 0 fully saturated rings. The predicted octanol–water partition coefficient (Wildman–Crippen LogP) is 2.57. The summed E-state index contributed by atoms with van der Waals surface area (Å²) in [6.45, 7) is 0.242. The molecule has 0 spiro atoms. The fraction of sp³-hybridized carbons (Fsp3) is 0.364. The summed E-state index contributed by atoms with van der Waals surface area (Å²) in [5, 5.41) is 10.5. The molecule has 5 nitrogen and oxygen atoms in total. The first kappa shape index (κ1) is 15.3. The second kappa shape index (κ2) is 6.42. The number of nitro groups is 1. The zero-order chi connectivity index (χ0) is 14.6. The number of benzene rings is 1. The van der Waals surface area contributed by atoms with Crippen molar-refractivity contribution in [2.75, 3.05) is 19.5 Å². The quantitative estimate of drug-likeness (QED) is 0.476. The predicted molar refractivity (Wildman–Crippen MR) is 65.3 cm³/mol. The fourth-order valence-corrected chi connectivity index (χ4v) is 1.59. The molecular formula is C11H11ClF2N2O3. The number of carbonyl (C=O) groups excluding carboxylic acids is 1. The largest absolute Gasteiger partial charge is 0.342 e. The molecule has 0 aromatic heterocycles. The summed E-state index contributed by atoms with van der Waals surface area (Å²) in [5.41, 5.74) is -1.72. The molecule has 0 aliphatic heterocycles. The van der Waals surface area contributed by atoms with Gasteiger partial charge in [-0.3, -0.25) is 14.9 Å². The topological polar surface area (TPSA) is 63.5 Å². The third kappa shape index (κ3) is 3.60. The Labute approximate surface area is 112 Å². The number of carbonyl (C=O) groups is 1. The van der Waals surface area contributed by atoms with Crippen LogP contribution in [0, 0.1) is 21.7 Å². The normalized spacial score (nSPS) is 10.3. The highest BCUT2D eigenvalue weighted by molar-refractivity contribution is 6.17. The van der Waals surface area contributed by atoms with Gasteiger partial charge in [-0.15, -0.1) is 11.6 Å². The molecule has 19 heavy (non-hydrogen) atoms. The van der Waals surface area contributed by atoms with E-state index in [1.165, 1.54) is 7.05 Å². The van der Waals surface area contributed by atoms with Crippen LogP contribution in [-0.4, -0.2) is 35.2 Å². The zero-order valence-electron chi connectivity index (χ0n) is 10.0. The van der Waals surface area contributed by atoms with Gasteiger partial charge in [0.2, 0.25) is 5.82 Å². The highest BCUT2D eigenvalue weighted by Crippen LogP contribution is 2.23. The highest BCUT2D eigenvalue weighted by atomic mass is 35.5. The van der Waals surface area contributed by atoms with Crippen molar-refractivity contribution in [2.24, 2.45) is 0 Å². The van der Waals surface area contributed by atoms with Crippen LogP contribution in [0.4, 0.5) is 14.5 Å². The van der Waals surface area contributed by atoms with Gasteiger partial charge in [0.15, 0.2) is 0 Å². The summed E-state index contributed by atoms with van der Waals surface area (Å²) in [7, 11) is 1.38. The summed E-state index contributed by atoms with van der Waals surface area (Å²) in [5.74, 6) is -2.90. The molecule has 1 amide bonds. The lowest BCUT2D eigenvalue weighted by Gasteiger charge is -2.16. The minimum absolute atomic E-state index is 0.242. The second-order valence-electron chi connectivity index (χ2n) is 3.81. The zero-order valence-corrected chi connectivity index (χ0v) is 10.8. The van der Waals surface area contributed by atoms with Crippen molar-refractivity contribution in [3.63, 3.8) is 0 Å². The van der Waals surface area contributed by atoms with Crippen LogP contribution in [0.3, 0.4) is 0 Å². The van der Waals surface area contributed by atoms with Gasteiger partial charge >= 0.3 is 5.69 Å². The van der Waals surface area contributed by atoms with Gasteiger partial charge in [-0.2, -0.15) is 4.39 Å². The molecule has 0 N–H and O–H groups in total. The molecule has 1 rings (SSSR count). The molecular weight excluding hydrogens is 282 g/mol. The van der Waals surface area contributed by atoms with E-state index in [0.29, 0.717) is 24.4 Å². The minimum Gasteiger partial charge on any atom is -0.342 e. The molecule has 0 unspecified atom stereocenters. The molecule has 0 aliphatic rings. The maximum atomic E-state index is 13.8. The van der Waals surface area contributed by atoms with E-state index in [-0.39, 0.29) is 6.54 Å². The first-order valence-electron chi connectivity index (χ1n) is 5.33. The molecule has 0 saturated carbocycles. The number of hydrogen-bond donors (Lipinski definition) is 0. The lowest BCUT2D eigenvalue weighted by Crippen LogP contribution is -2.29. The molecule has 0 heterocycles. The molecule has 1 aromatic rings. The number of halogens is 3. The monoisotopic (exact) mass is 292 g/mol. The van der Waals surface area contributed by atoms with E-state index < -0.39 is 33.7 Å². The van der Waals surface area contributed by atoms with Crippen molar-refractivity contribution in [1.29, 1.82) is 0 Å². The van der Waals surface area contributed by atoms with Crippen LogP contribution in [0.15, 0.2) is 12.1 Å². The Bertz CT molecular complexity index is 511. The van der Waals surface area contributed by atoms with E-state index >= 15 is 0 Å². The fourth-order valence-electron chi connectivity index (χ4n) is 1.47. The van der Waals surface area contributed by atoms with Crippen molar-refractivity contribution in [2.45, 2.75) is 6.42 Å². The van der Waals surface area contributed by atoms with Crippen LogP contribution in [0.2, 0.25) is 0 Å². The Morgan fingerprint density at radius 1 is 1.47 bits per heavy atom. The number of alkyl halides is 1. The Balaban J connectivity index is 3.13. The van der Waals surface area contributed by atoms with Crippen molar-refractivity contribution < 1.29 is 18.5 Å². The number of rotatable bonds is 5. The molecule has 8 heteroatoms. The first-order valence-corrected chi connectivity index (χ1v) is 5.86. The van der Waals surface area contributed by atoms with Crippen molar-refractivity contribution >= 4 is 23.2 Å².